The Hall–Kier alpha value is 0.620. The molecule has 1 N–H and O–H groups in total. The second kappa shape index (κ2) is 13.7. The van der Waals surface area contributed by atoms with Gasteiger partial charge in [-0.1, -0.05) is 86.3 Å². The predicted molar refractivity (Wildman–Crippen MR) is 124 cm³/mol. The first kappa shape index (κ1) is 24.7. The van der Waals surface area contributed by atoms with Gasteiger partial charge in [0, 0.05) is 35.7 Å². The Kier molecular flexibility index (Phi) is 13.0. The van der Waals surface area contributed by atoms with Crippen molar-refractivity contribution in [2.75, 3.05) is 32.7 Å². The highest BCUT2D eigenvalue weighted by molar-refractivity contribution is 8.77. The summed E-state index contributed by atoms with van der Waals surface area (Å²) >= 11 is 0. The van der Waals surface area contributed by atoms with Gasteiger partial charge in [0.05, 0.1) is 0 Å². The summed E-state index contributed by atoms with van der Waals surface area (Å²) in [5.41, 5.74) is 0. The molecule has 0 atom stereocenters. The lowest BCUT2D eigenvalue weighted by molar-refractivity contribution is 0.248. The summed E-state index contributed by atoms with van der Waals surface area (Å²) in [7, 11) is 4.14. The summed E-state index contributed by atoms with van der Waals surface area (Å²) in [4.78, 5) is 2.70. The average molecular weight is 403 g/mol. The molecular weight excluding hydrogens is 356 g/mol. The van der Waals surface area contributed by atoms with E-state index in [1.165, 1.54) is 83.8 Å². The minimum Gasteiger partial charge on any atom is -0.314 e. The molecule has 1 heterocycles. The molecule has 0 spiro atoms. The fourth-order valence-corrected chi connectivity index (χ4v) is 6.08. The summed E-state index contributed by atoms with van der Waals surface area (Å²) in [6.07, 6.45) is 14.3. The van der Waals surface area contributed by atoms with E-state index in [4.69, 9.17) is 0 Å². The van der Waals surface area contributed by atoms with Gasteiger partial charge in [-0.3, -0.25) is 0 Å². The van der Waals surface area contributed by atoms with Gasteiger partial charge in [-0.05, 0) is 40.7 Å². The normalized spacial score (nSPS) is 21.6. The molecule has 0 aromatic rings. The molecule has 4 heteroatoms. The van der Waals surface area contributed by atoms with Crippen LogP contribution in [0.3, 0.4) is 0 Å². The number of unbranched alkanes of at least 4 members (excludes halogenated alkanes) is 9. The molecule has 0 bridgehead atoms. The molecule has 0 radical (unpaired) electrons. The van der Waals surface area contributed by atoms with Crippen LogP contribution in [0.4, 0.5) is 0 Å². The van der Waals surface area contributed by atoms with Crippen molar-refractivity contribution >= 4 is 21.6 Å². The first-order valence-corrected chi connectivity index (χ1v) is 13.3. The summed E-state index contributed by atoms with van der Waals surface area (Å²) in [5.74, 6) is 0. The maximum Gasteiger partial charge on any atom is 0.0334 e. The molecule has 2 nitrogen and oxygen atoms in total. The van der Waals surface area contributed by atoms with E-state index in [2.05, 4.69) is 66.4 Å². The monoisotopic (exact) mass is 402 g/mol. The molecule has 26 heavy (non-hydrogen) atoms. The largest absolute Gasteiger partial charge is 0.314 e. The highest BCUT2D eigenvalue weighted by Gasteiger charge is 2.28. The minimum absolute atomic E-state index is 0.320. The van der Waals surface area contributed by atoms with Crippen molar-refractivity contribution in [3.05, 3.63) is 0 Å². The molecule has 1 aliphatic rings. The Bertz CT molecular complexity index is 345. The standard InChI is InChI=1S/C22H46N2S2/c1-6-7-8-9-10-11-12-13-14-15-17-24-18-16-23-19-21(2,3)25-26-22(4,5)20-24/h23H,6-20H2,1-5H3. The third kappa shape index (κ3) is 12.9. The lowest BCUT2D eigenvalue weighted by Gasteiger charge is -2.36. The van der Waals surface area contributed by atoms with Crippen molar-refractivity contribution in [1.29, 1.82) is 0 Å². The molecule has 1 aliphatic heterocycles. The predicted octanol–water partition coefficient (Wildman–Crippen LogP) is 6.75. The maximum absolute atomic E-state index is 3.67. The molecule has 0 aliphatic carbocycles. The van der Waals surface area contributed by atoms with Crippen LogP contribution in [0.15, 0.2) is 0 Å². The van der Waals surface area contributed by atoms with Gasteiger partial charge in [-0.25, -0.2) is 0 Å². The third-order valence-electron chi connectivity index (χ3n) is 5.08. The van der Waals surface area contributed by atoms with Crippen molar-refractivity contribution in [3.63, 3.8) is 0 Å². The minimum atomic E-state index is 0.320. The van der Waals surface area contributed by atoms with Crippen molar-refractivity contribution in [3.8, 4) is 0 Å². The molecule has 0 unspecified atom stereocenters. The molecule has 0 aromatic carbocycles. The molecule has 156 valence electrons. The summed E-state index contributed by atoms with van der Waals surface area (Å²) < 4.78 is 0.651. The molecule has 0 amide bonds. The van der Waals surface area contributed by atoms with Gasteiger partial charge in [-0.2, -0.15) is 0 Å². The van der Waals surface area contributed by atoms with Gasteiger partial charge in [0.25, 0.3) is 0 Å². The number of nitrogens with one attached hydrogen (secondary N) is 1. The lowest BCUT2D eigenvalue weighted by atomic mass is 10.1. The summed E-state index contributed by atoms with van der Waals surface area (Å²) in [6, 6.07) is 0. The molecule has 0 saturated carbocycles. The number of hydrogen-bond acceptors (Lipinski definition) is 4. The average Bonchev–Trinajstić information content (AvgIpc) is 2.58. The van der Waals surface area contributed by atoms with Crippen LogP contribution in [-0.2, 0) is 0 Å². The van der Waals surface area contributed by atoms with Crippen LogP contribution in [0.25, 0.3) is 0 Å². The van der Waals surface area contributed by atoms with Gasteiger partial charge in [0.2, 0.25) is 0 Å². The fourth-order valence-electron chi connectivity index (χ4n) is 3.54. The van der Waals surface area contributed by atoms with Crippen molar-refractivity contribution in [2.24, 2.45) is 0 Å². The SMILES string of the molecule is CCCCCCCCCCCCN1CCNCC(C)(C)SSC(C)(C)C1. The Labute approximate surface area is 172 Å². The van der Waals surface area contributed by atoms with Crippen LogP contribution in [-0.4, -0.2) is 47.1 Å². The molecule has 0 aromatic heterocycles. The van der Waals surface area contributed by atoms with E-state index in [9.17, 15) is 0 Å². The third-order valence-corrected chi connectivity index (χ3v) is 9.30. The first-order valence-electron chi connectivity index (χ1n) is 11.1. The fraction of sp³-hybridized carbons (Fsp3) is 1.00. The highest BCUT2D eigenvalue weighted by Crippen LogP contribution is 2.43. The number of nitrogens with zero attached hydrogens (tertiary/aromatic N) is 1. The first-order chi connectivity index (χ1) is 12.3. The Morgan fingerprint density at radius 1 is 0.769 bits per heavy atom. The van der Waals surface area contributed by atoms with Crippen molar-refractivity contribution in [1.82, 2.24) is 10.2 Å². The van der Waals surface area contributed by atoms with Crippen molar-refractivity contribution in [2.45, 2.75) is 108 Å². The zero-order valence-corrected chi connectivity index (χ0v) is 20.0. The van der Waals surface area contributed by atoms with Gasteiger partial charge in [-0.15, -0.1) is 0 Å². The Morgan fingerprint density at radius 3 is 1.92 bits per heavy atom. The Balaban J connectivity index is 2.16. The second-order valence-electron chi connectivity index (χ2n) is 9.32. The van der Waals surface area contributed by atoms with E-state index in [1.807, 2.05) is 0 Å². The molecule has 1 saturated heterocycles. The van der Waals surface area contributed by atoms with Gasteiger partial charge < -0.3 is 10.2 Å². The van der Waals surface area contributed by atoms with Gasteiger partial charge in [0.15, 0.2) is 0 Å². The van der Waals surface area contributed by atoms with E-state index >= 15 is 0 Å². The zero-order chi connectivity index (χ0) is 19.3. The highest BCUT2D eigenvalue weighted by atomic mass is 33.1. The van der Waals surface area contributed by atoms with Crippen LogP contribution >= 0.6 is 21.6 Å². The van der Waals surface area contributed by atoms with Crippen LogP contribution in [0.1, 0.15) is 98.8 Å². The van der Waals surface area contributed by atoms with Crippen LogP contribution in [0.2, 0.25) is 0 Å². The van der Waals surface area contributed by atoms with E-state index in [0.29, 0.717) is 9.49 Å². The smallest absolute Gasteiger partial charge is 0.0334 e. The van der Waals surface area contributed by atoms with Crippen molar-refractivity contribution < 1.29 is 0 Å². The van der Waals surface area contributed by atoms with Crippen LogP contribution in [0, 0.1) is 0 Å². The van der Waals surface area contributed by atoms with Crippen LogP contribution < -0.4 is 5.32 Å². The molecular formula is C22H46N2S2. The zero-order valence-electron chi connectivity index (χ0n) is 18.4. The summed E-state index contributed by atoms with van der Waals surface area (Å²) in [6.45, 7) is 17.8. The van der Waals surface area contributed by atoms with Gasteiger partial charge in [0.1, 0.15) is 0 Å². The van der Waals surface area contributed by atoms with E-state index in [-0.39, 0.29) is 0 Å². The molecule has 1 rings (SSSR count). The second-order valence-corrected chi connectivity index (χ2v) is 12.9. The number of rotatable bonds is 11. The quantitative estimate of drug-likeness (QED) is 0.303. The van der Waals surface area contributed by atoms with E-state index in [0.717, 1.165) is 13.1 Å². The van der Waals surface area contributed by atoms with E-state index < -0.39 is 0 Å². The Morgan fingerprint density at radius 2 is 1.31 bits per heavy atom. The summed E-state index contributed by atoms with van der Waals surface area (Å²) in [5, 5.41) is 3.67. The topological polar surface area (TPSA) is 15.3 Å². The van der Waals surface area contributed by atoms with Crippen LogP contribution in [0.5, 0.6) is 0 Å². The molecule has 1 fully saturated rings. The lowest BCUT2D eigenvalue weighted by Crippen LogP contribution is -2.44. The maximum atomic E-state index is 3.67. The van der Waals surface area contributed by atoms with E-state index in [1.54, 1.807) is 0 Å². The number of hydrogen-bond donors (Lipinski definition) is 1. The van der Waals surface area contributed by atoms with Gasteiger partial charge >= 0.3 is 0 Å².